The fourth-order valence-corrected chi connectivity index (χ4v) is 2.46. The standard InChI is InChI=1S/C17H13F3N4O3/c1-10-13(6-3-7-14(10)24(25)26)21-9-15-22-16(23-27-15)11-4-2-5-12(8-11)17(18,19)20/h2-8,21H,9H2,1H3. The van der Waals surface area contributed by atoms with Crippen LogP contribution in [0.15, 0.2) is 47.0 Å². The molecule has 3 rings (SSSR count). The first-order valence-electron chi connectivity index (χ1n) is 7.74. The Balaban J connectivity index is 1.76. The lowest BCUT2D eigenvalue weighted by molar-refractivity contribution is -0.385. The molecular weight excluding hydrogens is 365 g/mol. The SMILES string of the molecule is Cc1c(NCc2nc(-c3cccc(C(F)(F)F)c3)no2)cccc1[N+](=O)[O-]. The van der Waals surface area contributed by atoms with Gasteiger partial charge in [-0.3, -0.25) is 10.1 Å². The zero-order valence-electron chi connectivity index (χ0n) is 13.9. The third-order valence-corrected chi connectivity index (χ3v) is 3.85. The molecule has 0 fully saturated rings. The summed E-state index contributed by atoms with van der Waals surface area (Å²) >= 11 is 0. The number of nitro benzene ring substituents is 1. The normalized spacial score (nSPS) is 11.4. The molecule has 0 saturated carbocycles. The van der Waals surface area contributed by atoms with Crippen LogP contribution in [0.25, 0.3) is 11.4 Å². The molecule has 27 heavy (non-hydrogen) atoms. The zero-order chi connectivity index (χ0) is 19.6. The van der Waals surface area contributed by atoms with E-state index >= 15 is 0 Å². The number of hydrogen-bond donors (Lipinski definition) is 1. The molecule has 2 aromatic carbocycles. The van der Waals surface area contributed by atoms with E-state index in [1.165, 1.54) is 24.3 Å². The van der Waals surface area contributed by atoms with Gasteiger partial charge in [-0.05, 0) is 25.1 Å². The molecule has 0 radical (unpaired) electrons. The lowest BCUT2D eigenvalue weighted by Crippen LogP contribution is -2.04. The van der Waals surface area contributed by atoms with Crippen molar-refractivity contribution in [3.05, 3.63) is 69.6 Å². The Morgan fingerprint density at radius 2 is 1.96 bits per heavy atom. The van der Waals surface area contributed by atoms with Gasteiger partial charge in [0, 0.05) is 22.9 Å². The van der Waals surface area contributed by atoms with Crippen molar-refractivity contribution in [2.24, 2.45) is 0 Å². The van der Waals surface area contributed by atoms with Gasteiger partial charge in [0.15, 0.2) is 0 Å². The monoisotopic (exact) mass is 378 g/mol. The van der Waals surface area contributed by atoms with E-state index in [9.17, 15) is 23.3 Å². The molecule has 0 atom stereocenters. The summed E-state index contributed by atoms with van der Waals surface area (Å²) in [4.78, 5) is 14.5. The molecule has 1 heterocycles. The number of alkyl halides is 3. The van der Waals surface area contributed by atoms with Crippen molar-refractivity contribution in [2.75, 3.05) is 5.32 Å². The van der Waals surface area contributed by atoms with Gasteiger partial charge >= 0.3 is 6.18 Å². The zero-order valence-corrected chi connectivity index (χ0v) is 13.9. The number of nitrogens with one attached hydrogen (secondary N) is 1. The molecule has 0 aliphatic heterocycles. The van der Waals surface area contributed by atoms with Crippen LogP contribution in [0.5, 0.6) is 0 Å². The molecule has 1 aromatic heterocycles. The second-order valence-corrected chi connectivity index (χ2v) is 5.65. The van der Waals surface area contributed by atoms with Gasteiger partial charge in [-0.2, -0.15) is 18.2 Å². The highest BCUT2D eigenvalue weighted by atomic mass is 19.4. The maximum absolute atomic E-state index is 12.8. The summed E-state index contributed by atoms with van der Waals surface area (Å²) in [5.41, 5.74) is 0.293. The van der Waals surface area contributed by atoms with E-state index in [1.54, 1.807) is 13.0 Å². The number of nitro groups is 1. The molecule has 1 N–H and O–H groups in total. The van der Waals surface area contributed by atoms with Crippen molar-refractivity contribution in [1.82, 2.24) is 10.1 Å². The predicted molar refractivity (Wildman–Crippen MR) is 89.9 cm³/mol. The van der Waals surface area contributed by atoms with Crippen molar-refractivity contribution in [2.45, 2.75) is 19.6 Å². The first-order valence-corrected chi connectivity index (χ1v) is 7.74. The van der Waals surface area contributed by atoms with Crippen LogP contribution in [0.1, 0.15) is 17.0 Å². The highest BCUT2D eigenvalue weighted by Gasteiger charge is 2.30. The first kappa shape index (κ1) is 18.4. The van der Waals surface area contributed by atoms with Crippen LogP contribution in [-0.4, -0.2) is 15.1 Å². The molecule has 0 bridgehead atoms. The molecule has 10 heteroatoms. The average Bonchev–Trinajstić information content (AvgIpc) is 3.09. The highest BCUT2D eigenvalue weighted by Crippen LogP contribution is 2.31. The molecule has 140 valence electrons. The van der Waals surface area contributed by atoms with Crippen LogP contribution in [0.2, 0.25) is 0 Å². The number of rotatable bonds is 5. The van der Waals surface area contributed by atoms with E-state index in [0.717, 1.165) is 12.1 Å². The topological polar surface area (TPSA) is 94.1 Å². The minimum atomic E-state index is -4.47. The summed E-state index contributed by atoms with van der Waals surface area (Å²) in [6.45, 7) is 1.66. The Kier molecular flexibility index (Phi) is 4.80. The smallest absolute Gasteiger partial charge is 0.376 e. The van der Waals surface area contributed by atoms with Gasteiger partial charge in [0.2, 0.25) is 11.7 Å². The van der Waals surface area contributed by atoms with Crippen molar-refractivity contribution in [3.63, 3.8) is 0 Å². The molecule has 0 amide bonds. The van der Waals surface area contributed by atoms with E-state index in [2.05, 4.69) is 15.5 Å². The van der Waals surface area contributed by atoms with Crippen LogP contribution in [-0.2, 0) is 12.7 Å². The number of hydrogen-bond acceptors (Lipinski definition) is 6. The Morgan fingerprint density at radius 3 is 2.67 bits per heavy atom. The Morgan fingerprint density at radius 1 is 1.22 bits per heavy atom. The third-order valence-electron chi connectivity index (χ3n) is 3.85. The van der Waals surface area contributed by atoms with Crippen LogP contribution in [0, 0.1) is 17.0 Å². The fraction of sp³-hybridized carbons (Fsp3) is 0.176. The summed E-state index contributed by atoms with van der Waals surface area (Å²) in [6, 6.07) is 9.19. The summed E-state index contributed by atoms with van der Waals surface area (Å²) in [6.07, 6.45) is -4.47. The van der Waals surface area contributed by atoms with Crippen molar-refractivity contribution < 1.29 is 22.6 Å². The van der Waals surface area contributed by atoms with Gasteiger partial charge in [-0.1, -0.05) is 23.4 Å². The summed E-state index contributed by atoms with van der Waals surface area (Å²) < 4.78 is 43.5. The van der Waals surface area contributed by atoms with Gasteiger partial charge < -0.3 is 9.84 Å². The number of halogens is 3. The maximum Gasteiger partial charge on any atom is 0.416 e. The minimum absolute atomic E-state index is 0.0219. The molecule has 3 aromatic rings. The van der Waals surface area contributed by atoms with Gasteiger partial charge in [-0.15, -0.1) is 0 Å². The largest absolute Gasteiger partial charge is 0.416 e. The van der Waals surface area contributed by atoms with Crippen LogP contribution in [0.3, 0.4) is 0 Å². The van der Waals surface area contributed by atoms with Gasteiger partial charge in [-0.25, -0.2) is 0 Å². The Hall–Kier alpha value is -3.43. The van der Waals surface area contributed by atoms with Gasteiger partial charge in [0.1, 0.15) is 0 Å². The fourth-order valence-electron chi connectivity index (χ4n) is 2.46. The molecular formula is C17H13F3N4O3. The summed E-state index contributed by atoms with van der Waals surface area (Å²) in [5.74, 6) is 0.155. The van der Waals surface area contributed by atoms with Crippen molar-refractivity contribution in [3.8, 4) is 11.4 Å². The molecule has 0 aliphatic rings. The van der Waals surface area contributed by atoms with Crippen LogP contribution in [0.4, 0.5) is 24.5 Å². The Labute approximate surface area is 151 Å². The van der Waals surface area contributed by atoms with Crippen molar-refractivity contribution >= 4 is 11.4 Å². The van der Waals surface area contributed by atoms with Gasteiger partial charge in [0.05, 0.1) is 17.0 Å². The van der Waals surface area contributed by atoms with Crippen molar-refractivity contribution in [1.29, 1.82) is 0 Å². The van der Waals surface area contributed by atoms with E-state index in [0.29, 0.717) is 11.3 Å². The number of nitrogens with zero attached hydrogens (tertiary/aromatic N) is 3. The lowest BCUT2D eigenvalue weighted by atomic mass is 10.1. The van der Waals surface area contributed by atoms with Gasteiger partial charge in [0.25, 0.3) is 5.69 Å². The minimum Gasteiger partial charge on any atom is -0.376 e. The van der Waals surface area contributed by atoms with E-state index in [1.807, 2.05) is 0 Å². The average molecular weight is 378 g/mol. The maximum atomic E-state index is 12.8. The highest BCUT2D eigenvalue weighted by molar-refractivity contribution is 5.60. The lowest BCUT2D eigenvalue weighted by Gasteiger charge is -2.07. The number of anilines is 1. The molecule has 0 spiro atoms. The molecule has 0 unspecified atom stereocenters. The number of aromatic nitrogens is 2. The summed E-state index contributed by atoms with van der Waals surface area (Å²) in [5, 5.41) is 17.6. The molecule has 7 nitrogen and oxygen atoms in total. The van der Waals surface area contributed by atoms with Crippen LogP contribution >= 0.6 is 0 Å². The second kappa shape index (κ2) is 7.06. The third kappa shape index (κ3) is 4.05. The number of benzene rings is 2. The van der Waals surface area contributed by atoms with E-state index in [-0.39, 0.29) is 29.5 Å². The molecule has 0 saturated heterocycles. The Bertz CT molecular complexity index is 986. The molecule has 0 aliphatic carbocycles. The van der Waals surface area contributed by atoms with E-state index in [4.69, 9.17) is 4.52 Å². The summed E-state index contributed by atoms with van der Waals surface area (Å²) in [7, 11) is 0. The first-order chi connectivity index (χ1) is 12.8. The van der Waals surface area contributed by atoms with Crippen LogP contribution < -0.4 is 5.32 Å². The quantitative estimate of drug-likeness (QED) is 0.516. The predicted octanol–water partition coefficient (Wildman–Crippen LogP) is 4.58. The van der Waals surface area contributed by atoms with E-state index < -0.39 is 16.7 Å². The second-order valence-electron chi connectivity index (χ2n) is 5.65.